The van der Waals surface area contributed by atoms with E-state index in [9.17, 15) is 0 Å². The van der Waals surface area contributed by atoms with Crippen molar-refractivity contribution in [1.82, 2.24) is 14.8 Å². The fourth-order valence-electron chi connectivity index (χ4n) is 2.16. The Morgan fingerprint density at radius 1 is 1.28 bits per heavy atom. The van der Waals surface area contributed by atoms with Crippen molar-refractivity contribution >= 4 is 28.3 Å². The normalized spacial score (nSPS) is 11.3. The highest BCUT2D eigenvalue weighted by Crippen LogP contribution is 2.34. The van der Waals surface area contributed by atoms with Gasteiger partial charge >= 0.3 is 0 Å². The van der Waals surface area contributed by atoms with E-state index in [4.69, 9.17) is 17.3 Å². The van der Waals surface area contributed by atoms with E-state index < -0.39 is 0 Å². The Bertz CT molecular complexity index is 739. The van der Waals surface area contributed by atoms with Gasteiger partial charge in [-0.1, -0.05) is 11.6 Å². The number of nitrogens with zero attached hydrogens (tertiary/aromatic N) is 2. The van der Waals surface area contributed by atoms with E-state index in [-0.39, 0.29) is 0 Å². The number of anilines is 1. The average Bonchev–Trinajstić information content (AvgIpc) is 2.82. The van der Waals surface area contributed by atoms with Gasteiger partial charge in [0.05, 0.1) is 6.20 Å². The first-order valence-corrected chi connectivity index (χ1v) is 6.01. The van der Waals surface area contributed by atoms with Gasteiger partial charge in [-0.3, -0.25) is 4.68 Å². The van der Waals surface area contributed by atoms with Gasteiger partial charge in [-0.2, -0.15) is 5.10 Å². The van der Waals surface area contributed by atoms with Gasteiger partial charge in [-0.25, -0.2) is 0 Å². The fraction of sp³-hybridized carbons (Fsp3) is 0.154. The minimum Gasteiger partial charge on any atom is -0.383 e. The van der Waals surface area contributed by atoms with E-state index in [1.165, 1.54) is 0 Å². The van der Waals surface area contributed by atoms with Gasteiger partial charge in [0.1, 0.15) is 5.82 Å². The maximum Gasteiger partial charge on any atom is 0.129 e. The predicted molar refractivity (Wildman–Crippen MR) is 74.7 cm³/mol. The Morgan fingerprint density at radius 2 is 2.06 bits per heavy atom. The number of rotatable bonds is 1. The average molecular weight is 261 g/mol. The molecule has 0 fully saturated rings. The van der Waals surface area contributed by atoms with E-state index >= 15 is 0 Å². The smallest absolute Gasteiger partial charge is 0.129 e. The second kappa shape index (κ2) is 3.78. The predicted octanol–water partition coefficient (Wildman–Crippen LogP) is 3.11. The van der Waals surface area contributed by atoms with E-state index in [0.717, 1.165) is 27.7 Å². The summed E-state index contributed by atoms with van der Waals surface area (Å²) in [7, 11) is 1.81. The van der Waals surface area contributed by atoms with Crippen LogP contribution < -0.4 is 5.73 Å². The van der Waals surface area contributed by atoms with Crippen LogP contribution in [0.3, 0.4) is 0 Å². The van der Waals surface area contributed by atoms with Crippen molar-refractivity contribution in [2.45, 2.75) is 6.92 Å². The summed E-state index contributed by atoms with van der Waals surface area (Å²) in [6.07, 6.45) is 1.73. The molecule has 3 rings (SSSR count). The first kappa shape index (κ1) is 11.2. The number of aryl methyl sites for hydroxylation is 2. The highest BCUT2D eigenvalue weighted by Gasteiger charge is 2.12. The van der Waals surface area contributed by atoms with Gasteiger partial charge in [-0.15, -0.1) is 0 Å². The van der Waals surface area contributed by atoms with Gasteiger partial charge in [-0.05, 0) is 25.1 Å². The molecular formula is C13H13ClN4. The summed E-state index contributed by atoms with van der Waals surface area (Å²) in [4.78, 5) is 3.30. The van der Waals surface area contributed by atoms with Crippen molar-refractivity contribution in [3.63, 3.8) is 0 Å². The molecule has 0 saturated carbocycles. The lowest BCUT2D eigenvalue weighted by atomic mass is 10.1. The quantitative estimate of drug-likeness (QED) is 0.706. The van der Waals surface area contributed by atoms with Gasteiger partial charge in [0.2, 0.25) is 0 Å². The monoisotopic (exact) mass is 260 g/mol. The first-order chi connectivity index (χ1) is 8.56. The van der Waals surface area contributed by atoms with E-state index in [0.29, 0.717) is 10.8 Å². The zero-order valence-electron chi connectivity index (χ0n) is 10.2. The fourth-order valence-corrected chi connectivity index (χ4v) is 2.43. The topological polar surface area (TPSA) is 59.6 Å². The minimum atomic E-state index is 0.611. The summed E-state index contributed by atoms with van der Waals surface area (Å²) in [5.41, 5.74) is 9.90. The third-order valence-electron chi connectivity index (χ3n) is 3.12. The number of halogens is 1. The molecule has 0 bridgehead atoms. The Kier molecular flexibility index (Phi) is 2.35. The van der Waals surface area contributed by atoms with Crippen molar-refractivity contribution < 1.29 is 0 Å². The van der Waals surface area contributed by atoms with E-state index in [1.54, 1.807) is 10.9 Å². The zero-order chi connectivity index (χ0) is 12.9. The Labute approximate surface area is 109 Å². The number of aromatic nitrogens is 3. The summed E-state index contributed by atoms with van der Waals surface area (Å²) < 4.78 is 1.63. The number of benzene rings is 1. The Morgan fingerprint density at radius 3 is 2.72 bits per heavy atom. The van der Waals surface area contributed by atoms with Crippen molar-refractivity contribution in [3.8, 4) is 11.1 Å². The van der Waals surface area contributed by atoms with Crippen LogP contribution in [0.4, 0.5) is 5.82 Å². The van der Waals surface area contributed by atoms with Crippen molar-refractivity contribution in [1.29, 1.82) is 0 Å². The molecule has 0 unspecified atom stereocenters. The Hall–Kier alpha value is -1.94. The maximum atomic E-state index is 6.32. The summed E-state index contributed by atoms with van der Waals surface area (Å²) in [5, 5.41) is 5.92. The first-order valence-electron chi connectivity index (χ1n) is 5.63. The third-order valence-corrected chi connectivity index (χ3v) is 3.43. The SMILES string of the molecule is Cc1cc2cc(Cl)c(-c3cnn(C)c3N)cc2[nH]1. The maximum absolute atomic E-state index is 6.32. The molecule has 5 heteroatoms. The molecule has 0 aliphatic rings. The molecule has 4 nitrogen and oxygen atoms in total. The highest BCUT2D eigenvalue weighted by atomic mass is 35.5. The van der Waals surface area contributed by atoms with Crippen LogP contribution in [0, 0.1) is 6.92 Å². The number of fused-ring (bicyclic) bond motifs is 1. The molecule has 92 valence electrons. The minimum absolute atomic E-state index is 0.611. The van der Waals surface area contributed by atoms with Crippen LogP contribution in [0.25, 0.3) is 22.0 Å². The van der Waals surface area contributed by atoms with Gasteiger partial charge in [0.15, 0.2) is 0 Å². The lowest BCUT2D eigenvalue weighted by molar-refractivity contribution is 0.779. The molecule has 3 aromatic rings. The van der Waals surface area contributed by atoms with E-state index in [2.05, 4.69) is 16.1 Å². The second-order valence-electron chi connectivity index (χ2n) is 4.44. The van der Waals surface area contributed by atoms with Crippen LogP contribution in [0.15, 0.2) is 24.4 Å². The van der Waals surface area contributed by atoms with Crippen LogP contribution in [-0.4, -0.2) is 14.8 Å². The number of hydrogen-bond donors (Lipinski definition) is 2. The molecule has 0 saturated heterocycles. The molecule has 1 aromatic carbocycles. The van der Waals surface area contributed by atoms with Crippen molar-refractivity contribution in [2.75, 3.05) is 5.73 Å². The molecular weight excluding hydrogens is 248 g/mol. The van der Waals surface area contributed by atoms with Crippen LogP contribution in [0.2, 0.25) is 5.02 Å². The third kappa shape index (κ3) is 1.57. The molecule has 0 spiro atoms. The van der Waals surface area contributed by atoms with Crippen LogP contribution in [-0.2, 0) is 7.05 Å². The number of hydrogen-bond acceptors (Lipinski definition) is 2. The number of nitrogen functional groups attached to an aromatic ring is 1. The molecule has 0 radical (unpaired) electrons. The van der Waals surface area contributed by atoms with Crippen molar-refractivity contribution in [3.05, 3.63) is 35.1 Å². The molecule has 0 aliphatic heterocycles. The molecule has 0 amide bonds. The molecule has 3 N–H and O–H groups in total. The number of aromatic amines is 1. The zero-order valence-corrected chi connectivity index (χ0v) is 10.9. The summed E-state index contributed by atoms with van der Waals surface area (Å²) >= 11 is 6.32. The molecule has 0 atom stereocenters. The van der Waals surface area contributed by atoms with Gasteiger partial charge in [0, 0.05) is 39.8 Å². The number of H-pyrrole nitrogens is 1. The Balaban J connectivity index is 2.28. The van der Waals surface area contributed by atoms with Gasteiger partial charge in [0.25, 0.3) is 0 Å². The number of nitrogens with one attached hydrogen (secondary N) is 1. The molecule has 18 heavy (non-hydrogen) atoms. The lowest BCUT2D eigenvalue weighted by Crippen LogP contribution is -1.98. The van der Waals surface area contributed by atoms with E-state index in [1.807, 2.05) is 26.1 Å². The largest absolute Gasteiger partial charge is 0.383 e. The highest BCUT2D eigenvalue weighted by molar-refractivity contribution is 6.34. The van der Waals surface area contributed by atoms with Crippen LogP contribution in [0.1, 0.15) is 5.69 Å². The standard InChI is InChI=1S/C13H13ClN4/c1-7-3-8-4-11(14)9(5-12(8)17-7)10-6-16-18(2)13(10)15/h3-6,17H,15H2,1-2H3. The molecule has 2 aromatic heterocycles. The summed E-state index contributed by atoms with van der Waals surface area (Å²) in [5.74, 6) is 0.611. The lowest BCUT2D eigenvalue weighted by Gasteiger charge is -2.04. The van der Waals surface area contributed by atoms with Crippen LogP contribution in [0.5, 0.6) is 0 Å². The summed E-state index contributed by atoms with van der Waals surface area (Å²) in [6, 6.07) is 6.03. The van der Waals surface area contributed by atoms with Crippen LogP contribution >= 0.6 is 11.6 Å². The molecule has 0 aliphatic carbocycles. The van der Waals surface area contributed by atoms with Crippen molar-refractivity contribution in [2.24, 2.45) is 7.05 Å². The number of nitrogens with two attached hydrogens (primary N) is 1. The molecule has 2 heterocycles. The summed E-state index contributed by atoms with van der Waals surface area (Å²) in [6.45, 7) is 2.02. The van der Waals surface area contributed by atoms with Gasteiger partial charge < -0.3 is 10.7 Å². The second-order valence-corrected chi connectivity index (χ2v) is 4.85.